The molecule has 0 aromatic heterocycles. The Bertz CT molecular complexity index is 1840. The molecule has 7 rings (SSSR count). The van der Waals surface area contributed by atoms with Gasteiger partial charge < -0.3 is 9.47 Å². The normalized spacial score (nSPS) is 17.7. The number of methoxy groups -OCH3 is 2. The molecule has 212 valence electrons. The zero-order valence-corrected chi connectivity index (χ0v) is 24.9. The van der Waals surface area contributed by atoms with Crippen LogP contribution in [0.3, 0.4) is 0 Å². The minimum atomic E-state index is 0.0136. The third kappa shape index (κ3) is 4.96. The molecule has 0 saturated heterocycles. The summed E-state index contributed by atoms with van der Waals surface area (Å²) in [5.41, 5.74) is 13.8. The van der Waals surface area contributed by atoms with Crippen molar-refractivity contribution in [3.05, 3.63) is 166 Å². The second kappa shape index (κ2) is 11.4. The Morgan fingerprint density at radius 2 is 1.35 bits per heavy atom. The van der Waals surface area contributed by atoms with Crippen LogP contribution in [0.4, 0.5) is 0 Å². The van der Waals surface area contributed by atoms with E-state index in [1.807, 2.05) is 0 Å². The molecule has 0 spiro atoms. The highest BCUT2D eigenvalue weighted by Gasteiger charge is 2.37. The highest BCUT2D eigenvalue weighted by molar-refractivity contribution is 6.24. The fourth-order valence-electron chi connectivity index (χ4n) is 6.66. The van der Waals surface area contributed by atoms with Gasteiger partial charge in [0, 0.05) is 13.1 Å². The molecule has 2 aliphatic rings. The van der Waals surface area contributed by atoms with Gasteiger partial charge in [-0.3, -0.25) is 4.90 Å². The van der Waals surface area contributed by atoms with Gasteiger partial charge in [0.1, 0.15) is 0 Å². The summed E-state index contributed by atoms with van der Waals surface area (Å²) >= 11 is 0. The molecule has 1 unspecified atom stereocenters. The number of ether oxygens (including phenoxy) is 2. The molecule has 1 atom stereocenters. The average molecular weight is 562 g/mol. The van der Waals surface area contributed by atoms with Crippen molar-refractivity contribution in [3.8, 4) is 11.5 Å². The van der Waals surface area contributed by atoms with E-state index in [2.05, 4.69) is 139 Å². The van der Waals surface area contributed by atoms with Crippen LogP contribution in [0.15, 0.2) is 121 Å². The van der Waals surface area contributed by atoms with Crippen LogP contribution < -0.4 is 9.47 Å². The third-order valence-electron chi connectivity index (χ3n) is 8.69. The predicted molar refractivity (Wildman–Crippen MR) is 177 cm³/mol. The number of nitrogens with zero attached hydrogens (tertiary/aromatic N) is 1. The predicted octanol–water partition coefficient (Wildman–Crippen LogP) is 9.23. The fraction of sp³-hybridized carbons (Fsp3) is 0.150. The average Bonchev–Trinajstić information content (AvgIpc) is 3.44. The SMILES string of the molecule is COc1cc2c(cc1OC)/C(=C1/C(c3ccccc3)=Cc3ccccc31)C(c1ccc(C)cc1)N(Cc1ccccc1)C2. The van der Waals surface area contributed by atoms with Gasteiger partial charge in [0.2, 0.25) is 0 Å². The quantitative estimate of drug-likeness (QED) is 0.206. The number of aryl methyl sites for hydroxylation is 1. The number of hydrogen-bond acceptors (Lipinski definition) is 3. The Hall–Kier alpha value is -4.86. The molecule has 0 N–H and O–H groups in total. The maximum absolute atomic E-state index is 5.90. The standard InChI is InChI=1S/C40H35NO2/c1-27-18-20-30(21-19-27)40-39(38-33-17-11-10-16-31(33)22-34(38)29-14-8-5-9-15-29)35-24-37(43-3)36(42-2)23-32(35)26-41(40)25-28-12-6-4-7-13-28/h4-24,40H,25-26H2,1-3H3/b39-38-. The second-order valence-corrected chi connectivity index (χ2v) is 11.4. The summed E-state index contributed by atoms with van der Waals surface area (Å²) in [6.07, 6.45) is 2.36. The van der Waals surface area contributed by atoms with Gasteiger partial charge in [-0.2, -0.15) is 0 Å². The van der Waals surface area contributed by atoms with Crippen molar-refractivity contribution in [3.63, 3.8) is 0 Å². The minimum Gasteiger partial charge on any atom is -0.493 e. The monoisotopic (exact) mass is 561 g/mol. The summed E-state index contributed by atoms with van der Waals surface area (Å²) in [7, 11) is 3.44. The third-order valence-corrected chi connectivity index (χ3v) is 8.69. The first-order valence-corrected chi connectivity index (χ1v) is 14.9. The van der Waals surface area contributed by atoms with Crippen LogP contribution in [0.5, 0.6) is 11.5 Å². The molecule has 1 aliphatic heterocycles. The molecule has 0 radical (unpaired) electrons. The summed E-state index contributed by atoms with van der Waals surface area (Å²) in [6, 6.07) is 43.8. The lowest BCUT2D eigenvalue weighted by atomic mass is 9.78. The van der Waals surface area contributed by atoms with Crippen LogP contribution >= 0.6 is 0 Å². The van der Waals surface area contributed by atoms with Gasteiger partial charge in [0.05, 0.1) is 20.3 Å². The summed E-state index contributed by atoms with van der Waals surface area (Å²) in [5.74, 6) is 1.50. The molecule has 3 heteroatoms. The van der Waals surface area contributed by atoms with Crippen LogP contribution in [0.1, 0.15) is 50.5 Å². The van der Waals surface area contributed by atoms with Gasteiger partial charge in [-0.15, -0.1) is 0 Å². The zero-order valence-electron chi connectivity index (χ0n) is 24.9. The fourth-order valence-corrected chi connectivity index (χ4v) is 6.66. The van der Waals surface area contributed by atoms with Gasteiger partial charge in [-0.05, 0) is 80.8 Å². The molecule has 5 aromatic rings. The van der Waals surface area contributed by atoms with E-state index in [0.717, 1.165) is 24.6 Å². The Kier molecular flexibility index (Phi) is 7.18. The van der Waals surface area contributed by atoms with E-state index in [9.17, 15) is 0 Å². The lowest BCUT2D eigenvalue weighted by Crippen LogP contribution is -2.34. The van der Waals surface area contributed by atoms with Crippen molar-refractivity contribution in [2.75, 3.05) is 14.2 Å². The summed E-state index contributed by atoms with van der Waals surface area (Å²) in [6.45, 7) is 3.75. The molecular weight excluding hydrogens is 526 g/mol. The topological polar surface area (TPSA) is 21.7 Å². The van der Waals surface area contributed by atoms with E-state index in [0.29, 0.717) is 0 Å². The first-order valence-electron chi connectivity index (χ1n) is 14.9. The smallest absolute Gasteiger partial charge is 0.161 e. The van der Waals surface area contributed by atoms with E-state index in [1.165, 1.54) is 61.2 Å². The molecule has 0 saturated carbocycles. The van der Waals surface area contributed by atoms with Gasteiger partial charge in [0.15, 0.2) is 11.5 Å². The number of hydrogen-bond donors (Lipinski definition) is 0. The first kappa shape index (κ1) is 27.0. The van der Waals surface area contributed by atoms with E-state index in [4.69, 9.17) is 9.47 Å². The number of fused-ring (bicyclic) bond motifs is 2. The van der Waals surface area contributed by atoms with E-state index < -0.39 is 0 Å². The molecule has 0 bridgehead atoms. The van der Waals surface area contributed by atoms with Crippen molar-refractivity contribution >= 4 is 22.8 Å². The van der Waals surface area contributed by atoms with Crippen molar-refractivity contribution in [2.24, 2.45) is 0 Å². The molecule has 0 fully saturated rings. The Labute approximate surface area is 254 Å². The van der Waals surface area contributed by atoms with E-state index in [1.54, 1.807) is 14.2 Å². The largest absolute Gasteiger partial charge is 0.493 e. The maximum atomic E-state index is 5.90. The van der Waals surface area contributed by atoms with Gasteiger partial charge in [0.25, 0.3) is 0 Å². The lowest BCUT2D eigenvalue weighted by molar-refractivity contribution is 0.211. The molecular formula is C40H35NO2. The lowest BCUT2D eigenvalue weighted by Gasteiger charge is -2.41. The van der Waals surface area contributed by atoms with Crippen LogP contribution in [0.25, 0.3) is 22.8 Å². The van der Waals surface area contributed by atoms with Crippen molar-refractivity contribution < 1.29 is 9.47 Å². The number of benzene rings is 5. The molecule has 0 amide bonds. The van der Waals surface area contributed by atoms with Crippen molar-refractivity contribution in [1.82, 2.24) is 4.90 Å². The summed E-state index contributed by atoms with van der Waals surface area (Å²) in [4.78, 5) is 2.61. The Morgan fingerprint density at radius 3 is 2.07 bits per heavy atom. The number of rotatable bonds is 6. The highest BCUT2D eigenvalue weighted by atomic mass is 16.5. The molecule has 5 aromatic carbocycles. The van der Waals surface area contributed by atoms with E-state index in [-0.39, 0.29) is 6.04 Å². The first-order chi connectivity index (χ1) is 21.1. The Balaban J connectivity index is 1.57. The van der Waals surface area contributed by atoms with Crippen LogP contribution in [0.2, 0.25) is 0 Å². The van der Waals surface area contributed by atoms with Gasteiger partial charge >= 0.3 is 0 Å². The van der Waals surface area contributed by atoms with Crippen molar-refractivity contribution in [1.29, 1.82) is 0 Å². The van der Waals surface area contributed by atoms with Crippen LogP contribution in [0, 0.1) is 6.92 Å². The second-order valence-electron chi connectivity index (χ2n) is 11.4. The van der Waals surface area contributed by atoms with Crippen LogP contribution in [-0.4, -0.2) is 19.1 Å². The highest BCUT2D eigenvalue weighted by Crippen LogP contribution is 2.54. The summed E-state index contributed by atoms with van der Waals surface area (Å²) < 4.78 is 11.7. The molecule has 3 nitrogen and oxygen atoms in total. The van der Waals surface area contributed by atoms with Crippen molar-refractivity contribution in [2.45, 2.75) is 26.1 Å². The number of allylic oxidation sites excluding steroid dienone is 2. The maximum Gasteiger partial charge on any atom is 0.161 e. The molecule has 1 heterocycles. The van der Waals surface area contributed by atoms with Gasteiger partial charge in [-0.25, -0.2) is 0 Å². The summed E-state index contributed by atoms with van der Waals surface area (Å²) in [5, 5.41) is 0. The zero-order chi connectivity index (χ0) is 29.3. The van der Waals surface area contributed by atoms with Crippen LogP contribution in [-0.2, 0) is 13.1 Å². The molecule has 43 heavy (non-hydrogen) atoms. The van der Waals surface area contributed by atoms with Gasteiger partial charge in [-0.1, -0.05) is 115 Å². The molecule has 1 aliphatic carbocycles. The van der Waals surface area contributed by atoms with E-state index >= 15 is 0 Å². The Morgan fingerprint density at radius 1 is 0.698 bits per heavy atom. The minimum absolute atomic E-state index is 0.0136.